The second-order valence-corrected chi connectivity index (χ2v) is 10.2. The average Bonchev–Trinajstić information content (AvgIpc) is 3.36. The summed E-state index contributed by atoms with van der Waals surface area (Å²) in [5.74, 6) is 1.77. The van der Waals surface area contributed by atoms with Crippen LogP contribution >= 0.6 is 0 Å². The predicted octanol–water partition coefficient (Wildman–Crippen LogP) is 3.55. The van der Waals surface area contributed by atoms with Crippen LogP contribution in [0, 0.1) is 0 Å². The van der Waals surface area contributed by atoms with Crippen LogP contribution in [0.5, 0.6) is 23.0 Å². The number of amides is 1. The van der Waals surface area contributed by atoms with Gasteiger partial charge in [-0.3, -0.25) is 4.79 Å². The van der Waals surface area contributed by atoms with E-state index in [0.29, 0.717) is 40.9 Å². The van der Waals surface area contributed by atoms with Crippen LogP contribution in [-0.2, 0) is 16.6 Å². The average molecular weight is 514 g/mol. The third-order valence-electron chi connectivity index (χ3n) is 5.52. The van der Waals surface area contributed by atoms with Gasteiger partial charge in [0.05, 0.1) is 19.1 Å². The number of para-hydroxylation sites is 1. The largest absolute Gasteiger partial charge is 0.497 e. The van der Waals surface area contributed by atoms with Crippen molar-refractivity contribution in [3.63, 3.8) is 0 Å². The molecule has 0 unspecified atom stereocenters. The molecule has 0 aliphatic carbocycles. The number of hydrogen-bond acceptors (Lipinski definition) is 8. The molecule has 1 aliphatic heterocycles. The van der Waals surface area contributed by atoms with Crippen LogP contribution in [0.4, 0.5) is 11.4 Å². The van der Waals surface area contributed by atoms with E-state index in [-0.39, 0.29) is 17.3 Å². The van der Waals surface area contributed by atoms with Crippen molar-refractivity contribution >= 4 is 27.3 Å². The van der Waals surface area contributed by atoms with Crippen molar-refractivity contribution in [2.24, 2.45) is 0 Å². The van der Waals surface area contributed by atoms with Gasteiger partial charge in [-0.15, -0.1) is 0 Å². The van der Waals surface area contributed by atoms with Crippen molar-refractivity contribution in [1.29, 1.82) is 0 Å². The molecule has 2 N–H and O–H groups in total. The van der Waals surface area contributed by atoms with E-state index in [0.717, 1.165) is 9.87 Å². The van der Waals surface area contributed by atoms with Gasteiger partial charge in [-0.1, -0.05) is 12.1 Å². The molecule has 0 fully saturated rings. The summed E-state index contributed by atoms with van der Waals surface area (Å²) in [4.78, 5) is 13.2. The standard InChI is InChI=1S/C25H27N3O7S/c1-28(2)36(30,31)22-9-17(25(29)27-19-10-20(32-3)13-21(11-19)33-4)8-18(12-22)26-14-16-6-5-7-23-24(16)35-15-34-23/h5-13,26H,14-15H2,1-4H3,(H,27,29). The summed E-state index contributed by atoms with van der Waals surface area (Å²) in [5.41, 5.74) is 1.87. The molecule has 4 rings (SSSR count). The Balaban J connectivity index is 1.65. The van der Waals surface area contributed by atoms with E-state index in [1.54, 1.807) is 24.3 Å². The lowest BCUT2D eigenvalue weighted by Gasteiger charge is -2.16. The topological polar surface area (TPSA) is 115 Å². The first-order chi connectivity index (χ1) is 17.2. The van der Waals surface area contributed by atoms with Crippen LogP contribution in [0.15, 0.2) is 59.5 Å². The van der Waals surface area contributed by atoms with Gasteiger partial charge in [-0.05, 0) is 24.3 Å². The number of benzene rings is 3. The third-order valence-corrected chi connectivity index (χ3v) is 7.31. The van der Waals surface area contributed by atoms with E-state index in [4.69, 9.17) is 18.9 Å². The van der Waals surface area contributed by atoms with Gasteiger partial charge in [0.1, 0.15) is 11.5 Å². The molecule has 0 saturated carbocycles. The molecule has 1 aliphatic rings. The fraction of sp³-hybridized carbons (Fsp3) is 0.240. The zero-order valence-corrected chi connectivity index (χ0v) is 21.1. The van der Waals surface area contributed by atoms with Crippen molar-refractivity contribution < 1.29 is 32.2 Å². The number of sulfonamides is 1. The Morgan fingerprint density at radius 2 is 1.69 bits per heavy atom. The molecule has 0 bridgehead atoms. The number of anilines is 2. The second-order valence-electron chi connectivity index (χ2n) is 8.09. The summed E-state index contributed by atoms with van der Waals surface area (Å²) < 4.78 is 48.4. The SMILES string of the molecule is COc1cc(NC(=O)c2cc(NCc3cccc4c3OCO4)cc(S(=O)(=O)N(C)C)c2)cc(OC)c1. The Morgan fingerprint density at radius 3 is 2.36 bits per heavy atom. The van der Waals surface area contributed by atoms with Crippen molar-refractivity contribution in [3.8, 4) is 23.0 Å². The van der Waals surface area contributed by atoms with Crippen LogP contribution in [0.3, 0.4) is 0 Å². The minimum Gasteiger partial charge on any atom is -0.497 e. The Hall–Kier alpha value is -3.96. The van der Waals surface area contributed by atoms with Crippen LogP contribution in [-0.4, -0.2) is 53.7 Å². The molecule has 0 radical (unpaired) electrons. The molecule has 0 saturated heterocycles. The lowest BCUT2D eigenvalue weighted by atomic mass is 10.1. The number of methoxy groups -OCH3 is 2. The second kappa shape index (κ2) is 10.3. The van der Waals surface area contributed by atoms with Crippen LogP contribution in [0.2, 0.25) is 0 Å². The fourth-order valence-electron chi connectivity index (χ4n) is 3.60. The minimum atomic E-state index is -3.81. The van der Waals surface area contributed by atoms with E-state index >= 15 is 0 Å². The van der Waals surface area contributed by atoms with Gasteiger partial charge in [0.25, 0.3) is 5.91 Å². The first-order valence-corrected chi connectivity index (χ1v) is 12.4. The van der Waals surface area contributed by atoms with E-state index in [1.165, 1.54) is 40.4 Å². The molecular weight excluding hydrogens is 486 g/mol. The van der Waals surface area contributed by atoms with Crippen LogP contribution in [0.25, 0.3) is 0 Å². The predicted molar refractivity (Wildman–Crippen MR) is 135 cm³/mol. The number of nitrogens with one attached hydrogen (secondary N) is 2. The molecule has 190 valence electrons. The smallest absolute Gasteiger partial charge is 0.255 e. The zero-order chi connectivity index (χ0) is 25.9. The first kappa shape index (κ1) is 25.1. The normalized spacial score (nSPS) is 12.4. The third kappa shape index (κ3) is 5.31. The molecule has 11 heteroatoms. The first-order valence-electron chi connectivity index (χ1n) is 10.9. The van der Waals surface area contributed by atoms with Gasteiger partial charge in [-0.25, -0.2) is 12.7 Å². The number of ether oxygens (including phenoxy) is 4. The number of rotatable bonds is 9. The summed E-state index contributed by atoms with van der Waals surface area (Å²) >= 11 is 0. The van der Waals surface area contributed by atoms with Gasteiger partial charge in [0.15, 0.2) is 11.5 Å². The minimum absolute atomic E-state index is 0.0243. The highest BCUT2D eigenvalue weighted by Crippen LogP contribution is 2.36. The lowest BCUT2D eigenvalue weighted by Crippen LogP contribution is -2.23. The Bertz CT molecular complexity index is 1370. The van der Waals surface area contributed by atoms with Crippen molar-refractivity contribution in [2.45, 2.75) is 11.4 Å². The Labute approximate surface area is 209 Å². The van der Waals surface area contributed by atoms with Gasteiger partial charge in [0, 0.05) is 61.3 Å². The van der Waals surface area contributed by atoms with Gasteiger partial charge in [0.2, 0.25) is 16.8 Å². The quantitative estimate of drug-likeness (QED) is 0.446. The van der Waals surface area contributed by atoms with E-state index in [9.17, 15) is 13.2 Å². The zero-order valence-electron chi connectivity index (χ0n) is 20.3. The molecule has 36 heavy (non-hydrogen) atoms. The molecule has 0 aromatic heterocycles. The number of hydrogen-bond donors (Lipinski definition) is 2. The molecule has 10 nitrogen and oxygen atoms in total. The maximum Gasteiger partial charge on any atom is 0.255 e. The summed E-state index contributed by atoms with van der Waals surface area (Å²) in [5, 5.41) is 5.98. The maximum absolute atomic E-state index is 13.2. The highest BCUT2D eigenvalue weighted by molar-refractivity contribution is 7.89. The number of nitrogens with zero attached hydrogens (tertiary/aromatic N) is 1. The monoisotopic (exact) mass is 513 g/mol. The lowest BCUT2D eigenvalue weighted by molar-refractivity contribution is 0.102. The Kier molecular flexibility index (Phi) is 7.22. The van der Waals surface area contributed by atoms with Crippen LogP contribution in [0.1, 0.15) is 15.9 Å². The number of carbonyl (C=O) groups excluding carboxylic acids is 1. The van der Waals surface area contributed by atoms with Gasteiger partial charge in [-0.2, -0.15) is 0 Å². The summed E-state index contributed by atoms with van der Waals surface area (Å²) in [7, 11) is 2.07. The molecule has 0 atom stereocenters. The maximum atomic E-state index is 13.2. The molecule has 1 amide bonds. The van der Waals surface area contributed by atoms with E-state index in [1.807, 2.05) is 18.2 Å². The van der Waals surface area contributed by atoms with Crippen molar-refractivity contribution in [3.05, 3.63) is 65.7 Å². The van der Waals surface area contributed by atoms with Gasteiger partial charge >= 0.3 is 0 Å². The molecule has 3 aromatic carbocycles. The number of fused-ring (bicyclic) bond motifs is 1. The summed E-state index contributed by atoms with van der Waals surface area (Å²) in [6, 6.07) is 14.9. The Morgan fingerprint density at radius 1 is 0.972 bits per heavy atom. The molecule has 1 heterocycles. The van der Waals surface area contributed by atoms with Crippen LogP contribution < -0.4 is 29.6 Å². The molecule has 0 spiro atoms. The number of carbonyl (C=O) groups is 1. The van der Waals surface area contributed by atoms with E-state index in [2.05, 4.69) is 10.6 Å². The molecule has 3 aromatic rings. The highest BCUT2D eigenvalue weighted by atomic mass is 32.2. The molecular formula is C25H27N3O7S. The van der Waals surface area contributed by atoms with Crippen molar-refractivity contribution in [2.75, 3.05) is 45.7 Å². The summed E-state index contributed by atoms with van der Waals surface area (Å²) in [6.07, 6.45) is 0. The fourth-order valence-corrected chi connectivity index (χ4v) is 4.58. The van der Waals surface area contributed by atoms with Crippen molar-refractivity contribution in [1.82, 2.24) is 4.31 Å². The van der Waals surface area contributed by atoms with Gasteiger partial charge < -0.3 is 29.6 Å². The highest BCUT2D eigenvalue weighted by Gasteiger charge is 2.22. The van der Waals surface area contributed by atoms with E-state index < -0.39 is 15.9 Å². The summed E-state index contributed by atoms with van der Waals surface area (Å²) in [6.45, 7) is 0.467.